The van der Waals surface area contributed by atoms with Gasteiger partial charge < -0.3 is 14.6 Å². The number of thiophene rings is 2. The Morgan fingerprint density at radius 2 is 1.89 bits per heavy atom. The molecular formula is C18H19NO5S3. The Morgan fingerprint density at radius 3 is 2.48 bits per heavy atom. The van der Waals surface area contributed by atoms with Crippen molar-refractivity contribution in [2.24, 2.45) is 0 Å². The van der Waals surface area contributed by atoms with Crippen LogP contribution in [0.5, 0.6) is 11.5 Å². The normalized spacial score (nSPS) is 13.9. The molecule has 0 saturated carbocycles. The molecule has 2 heterocycles. The fraction of sp³-hybridized carbons (Fsp3) is 0.222. The molecular weight excluding hydrogens is 406 g/mol. The van der Waals surface area contributed by atoms with Crippen molar-refractivity contribution in [3.63, 3.8) is 0 Å². The Hall–Kier alpha value is -1.91. The van der Waals surface area contributed by atoms with Crippen LogP contribution in [0, 0.1) is 0 Å². The summed E-state index contributed by atoms with van der Waals surface area (Å²) in [5, 5.41) is 16.8. The molecule has 6 nitrogen and oxygen atoms in total. The summed E-state index contributed by atoms with van der Waals surface area (Å²) in [6, 6.07) is 9.73. The van der Waals surface area contributed by atoms with E-state index in [4.69, 9.17) is 9.47 Å². The van der Waals surface area contributed by atoms with E-state index in [9.17, 15) is 13.5 Å². The van der Waals surface area contributed by atoms with E-state index >= 15 is 0 Å². The van der Waals surface area contributed by atoms with E-state index in [0.717, 1.165) is 0 Å². The quantitative estimate of drug-likeness (QED) is 0.579. The summed E-state index contributed by atoms with van der Waals surface area (Å²) in [7, 11) is -0.954. The van der Waals surface area contributed by atoms with Crippen LogP contribution in [0.1, 0.15) is 10.4 Å². The monoisotopic (exact) mass is 425 g/mol. The zero-order valence-electron chi connectivity index (χ0n) is 14.7. The first kappa shape index (κ1) is 19.8. The molecule has 3 aromatic rings. The molecule has 0 amide bonds. The maximum Gasteiger partial charge on any atom is 0.240 e. The van der Waals surface area contributed by atoms with E-state index in [1.54, 1.807) is 12.1 Å². The summed E-state index contributed by atoms with van der Waals surface area (Å²) in [6.45, 7) is -0.194. The lowest BCUT2D eigenvalue weighted by molar-refractivity contribution is 0.0903. The molecule has 27 heavy (non-hydrogen) atoms. The standard InChI is InChI=1S/C18H19NO5S3/c1-23-15-6-5-14(10-16(15)24-2)27(21,22)19-12-18(20,13-7-9-25-11-13)17-4-3-8-26-17/h3-11,19-20H,12H2,1-2H3. The van der Waals surface area contributed by atoms with Crippen LogP contribution in [-0.2, 0) is 15.6 Å². The zero-order valence-corrected chi connectivity index (χ0v) is 17.2. The highest BCUT2D eigenvalue weighted by Gasteiger charge is 2.35. The average Bonchev–Trinajstić information content (AvgIpc) is 3.39. The van der Waals surface area contributed by atoms with Crippen molar-refractivity contribution in [3.8, 4) is 11.5 Å². The molecule has 1 aromatic carbocycles. The highest BCUT2D eigenvalue weighted by Crippen LogP contribution is 2.34. The summed E-state index contributed by atoms with van der Waals surface area (Å²) >= 11 is 2.81. The molecule has 0 fully saturated rings. The minimum absolute atomic E-state index is 0.0269. The largest absolute Gasteiger partial charge is 0.493 e. The van der Waals surface area contributed by atoms with Crippen molar-refractivity contribution in [1.29, 1.82) is 0 Å². The number of sulfonamides is 1. The van der Waals surface area contributed by atoms with Crippen molar-refractivity contribution in [2.45, 2.75) is 10.5 Å². The number of rotatable bonds is 8. The third kappa shape index (κ3) is 4.02. The van der Waals surface area contributed by atoms with Crippen LogP contribution < -0.4 is 14.2 Å². The Bertz CT molecular complexity index is 948. The molecule has 0 spiro atoms. The van der Waals surface area contributed by atoms with Crippen LogP contribution in [0.25, 0.3) is 0 Å². The number of hydrogen-bond acceptors (Lipinski definition) is 7. The number of methoxy groups -OCH3 is 2. The molecule has 0 bridgehead atoms. The molecule has 0 aliphatic heterocycles. The fourth-order valence-electron chi connectivity index (χ4n) is 2.61. The summed E-state index contributed by atoms with van der Waals surface area (Å²) < 4.78 is 38.4. The van der Waals surface area contributed by atoms with E-state index in [2.05, 4.69) is 4.72 Å². The number of benzene rings is 1. The van der Waals surface area contributed by atoms with E-state index < -0.39 is 15.6 Å². The second kappa shape index (κ2) is 7.99. The Kier molecular flexibility index (Phi) is 5.87. The molecule has 2 aromatic heterocycles. The number of nitrogens with one attached hydrogen (secondary N) is 1. The minimum atomic E-state index is -3.87. The summed E-state index contributed by atoms with van der Waals surface area (Å²) in [4.78, 5) is 0.690. The van der Waals surface area contributed by atoms with Gasteiger partial charge in [-0.2, -0.15) is 11.3 Å². The second-order valence-corrected chi connectivity index (χ2v) is 9.19. The molecule has 9 heteroatoms. The molecule has 1 atom stereocenters. The van der Waals surface area contributed by atoms with Gasteiger partial charge in [-0.05, 0) is 40.4 Å². The molecule has 0 saturated heterocycles. The van der Waals surface area contributed by atoms with Gasteiger partial charge in [-0.3, -0.25) is 0 Å². The van der Waals surface area contributed by atoms with Crippen molar-refractivity contribution in [2.75, 3.05) is 20.8 Å². The van der Waals surface area contributed by atoms with Crippen LogP contribution in [0.3, 0.4) is 0 Å². The zero-order chi connectivity index (χ0) is 19.5. The third-order valence-corrected chi connectivity index (χ3v) is 7.21. The summed E-state index contributed by atoms with van der Waals surface area (Å²) in [5.41, 5.74) is -0.803. The second-order valence-electron chi connectivity index (χ2n) is 5.69. The maximum absolute atomic E-state index is 12.8. The highest BCUT2D eigenvalue weighted by molar-refractivity contribution is 7.89. The van der Waals surface area contributed by atoms with Gasteiger partial charge in [0.1, 0.15) is 5.60 Å². The summed E-state index contributed by atoms with van der Waals surface area (Å²) in [5.74, 6) is 0.747. The van der Waals surface area contributed by atoms with Crippen LogP contribution in [0.2, 0.25) is 0 Å². The molecule has 1 unspecified atom stereocenters. The third-order valence-electron chi connectivity index (χ3n) is 4.11. The molecule has 0 aliphatic carbocycles. The first-order valence-electron chi connectivity index (χ1n) is 7.91. The topological polar surface area (TPSA) is 84.9 Å². The van der Waals surface area contributed by atoms with Crippen LogP contribution in [0.4, 0.5) is 0 Å². The van der Waals surface area contributed by atoms with Gasteiger partial charge in [0.2, 0.25) is 10.0 Å². The van der Waals surface area contributed by atoms with Crippen LogP contribution in [-0.4, -0.2) is 34.3 Å². The number of ether oxygens (including phenoxy) is 2. The molecule has 144 valence electrons. The number of hydrogen-bond donors (Lipinski definition) is 2. The van der Waals surface area contributed by atoms with Gasteiger partial charge in [0.05, 0.1) is 19.1 Å². The molecule has 0 radical (unpaired) electrons. The Morgan fingerprint density at radius 1 is 1.11 bits per heavy atom. The fourth-order valence-corrected chi connectivity index (χ4v) is 5.26. The first-order chi connectivity index (χ1) is 12.9. The van der Waals surface area contributed by atoms with E-state index in [1.165, 1.54) is 55.1 Å². The van der Waals surface area contributed by atoms with E-state index in [1.807, 2.05) is 22.2 Å². The van der Waals surface area contributed by atoms with Crippen molar-refractivity contribution >= 4 is 32.7 Å². The van der Waals surface area contributed by atoms with Gasteiger partial charge in [-0.1, -0.05) is 6.07 Å². The molecule has 2 N–H and O–H groups in total. The van der Waals surface area contributed by atoms with Crippen LogP contribution >= 0.6 is 22.7 Å². The average molecular weight is 426 g/mol. The smallest absolute Gasteiger partial charge is 0.240 e. The summed E-state index contributed by atoms with van der Waals surface area (Å²) in [6.07, 6.45) is 0. The van der Waals surface area contributed by atoms with Gasteiger partial charge in [0.15, 0.2) is 11.5 Å². The van der Waals surface area contributed by atoms with Crippen molar-refractivity contribution < 1.29 is 23.0 Å². The first-order valence-corrected chi connectivity index (χ1v) is 11.2. The molecule has 0 aliphatic rings. The van der Waals surface area contributed by atoms with E-state index in [0.29, 0.717) is 21.9 Å². The predicted molar refractivity (Wildman–Crippen MR) is 106 cm³/mol. The van der Waals surface area contributed by atoms with Gasteiger partial charge >= 0.3 is 0 Å². The van der Waals surface area contributed by atoms with Crippen molar-refractivity contribution in [3.05, 3.63) is 63.0 Å². The SMILES string of the molecule is COc1ccc(S(=O)(=O)NCC(O)(c2ccsc2)c2cccs2)cc1OC. The number of aliphatic hydroxyl groups is 1. The Balaban J connectivity index is 1.89. The predicted octanol–water partition coefficient (Wildman–Crippen LogP) is 3.04. The Labute approximate surface area is 166 Å². The van der Waals surface area contributed by atoms with Crippen molar-refractivity contribution in [1.82, 2.24) is 4.72 Å². The van der Waals surface area contributed by atoms with Crippen LogP contribution in [0.15, 0.2) is 57.4 Å². The lowest BCUT2D eigenvalue weighted by atomic mass is 9.95. The lowest BCUT2D eigenvalue weighted by Gasteiger charge is -2.27. The lowest BCUT2D eigenvalue weighted by Crippen LogP contribution is -2.40. The maximum atomic E-state index is 12.8. The van der Waals surface area contributed by atoms with Gasteiger partial charge in [0, 0.05) is 23.1 Å². The van der Waals surface area contributed by atoms with Gasteiger partial charge in [0.25, 0.3) is 0 Å². The van der Waals surface area contributed by atoms with Gasteiger partial charge in [-0.25, -0.2) is 13.1 Å². The molecule has 3 rings (SSSR count). The highest BCUT2D eigenvalue weighted by atomic mass is 32.2. The minimum Gasteiger partial charge on any atom is -0.493 e. The van der Waals surface area contributed by atoms with Gasteiger partial charge in [-0.15, -0.1) is 11.3 Å². The van der Waals surface area contributed by atoms with E-state index in [-0.39, 0.29) is 11.4 Å².